The van der Waals surface area contributed by atoms with Crippen molar-refractivity contribution in [1.29, 1.82) is 0 Å². The number of rotatable bonds is 9. The summed E-state index contributed by atoms with van der Waals surface area (Å²) >= 11 is 1.45. The van der Waals surface area contributed by atoms with Crippen LogP contribution in [0.2, 0.25) is 0 Å². The van der Waals surface area contributed by atoms with Crippen LogP contribution in [0.3, 0.4) is 0 Å². The lowest BCUT2D eigenvalue weighted by Crippen LogP contribution is -2.33. The van der Waals surface area contributed by atoms with Crippen molar-refractivity contribution in [2.75, 3.05) is 27.1 Å². The summed E-state index contributed by atoms with van der Waals surface area (Å²) in [6.45, 7) is -0.385. The lowest BCUT2D eigenvalue weighted by molar-refractivity contribution is -0.124. The zero-order valence-electron chi connectivity index (χ0n) is 18.2. The zero-order chi connectivity index (χ0) is 22.9. The smallest absolute Gasteiger partial charge is 0.339 e. The van der Waals surface area contributed by atoms with Crippen LogP contribution < -0.4 is 14.8 Å². The summed E-state index contributed by atoms with van der Waals surface area (Å²) in [5.74, 6) is 0.497. The second-order valence-corrected chi connectivity index (χ2v) is 7.67. The molecule has 0 spiro atoms. The predicted octanol–water partition coefficient (Wildman–Crippen LogP) is 4.49. The number of nitrogens with one attached hydrogen (secondary N) is 1. The summed E-state index contributed by atoms with van der Waals surface area (Å²) < 4.78 is 15.7. The highest BCUT2D eigenvalue weighted by Gasteiger charge is 2.19. The van der Waals surface area contributed by atoms with Gasteiger partial charge in [-0.3, -0.25) is 4.79 Å². The number of hydrogen-bond donors (Lipinski definition) is 1. The van der Waals surface area contributed by atoms with Crippen molar-refractivity contribution in [2.45, 2.75) is 10.9 Å². The van der Waals surface area contributed by atoms with E-state index in [0.717, 1.165) is 27.5 Å². The zero-order valence-corrected chi connectivity index (χ0v) is 19.0. The van der Waals surface area contributed by atoms with Gasteiger partial charge in [-0.05, 0) is 53.8 Å². The minimum atomic E-state index is -0.532. The van der Waals surface area contributed by atoms with Crippen molar-refractivity contribution in [3.8, 4) is 11.5 Å². The Morgan fingerprint density at radius 2 is 1.38 bits per heavy atom. The summed E-state index contributed by atoms with van der Waals surface area (Å²) in [6, 6.07) is 21.6. The van der Waals surface area contributed by atoms with Gasteiger partial charge < -0.3 is 19.5 Å². The highest BCUT2D eigenvalue weighted by atomic mass is 32.2. The van der Waals surface area contributed by atoms with E-state index in [0.29, 0.717) is 5.56 Å². The van der Waals surface area contributed by atoms with Gasteiger partial charge in [0.05, 0.1) is 25.8 Å². The van der Waals surface area contributed by atoms with Crippen LogP contribution in [0, 0.1) is 0 Å². The summed E-state index contributed by atoms with van der Waals surface area (Å²) in [5.41, 5.74) is 2.17. The maximum Gasteiger partial charge on any atom is 0.339 e. The third kappa shape index (κ3) is 5.82. The van der Waals surface area contributed by atoms with Crippen LogP contribution in [0.1, 0.15) is 27.5 Å². The van der Waals surface area contributed by atoms with Crippen LogP contribution in [0.4, 0.5) is 0 Å². The number of carbonyl (C=O) groups is 2. The van der Waals surface area contributed by atoms with Crippen molar-refractivity contribution in [1.82, 2.24) is 5.32 Å². The van der Waals surface area contributed by atoms with Gasteiger partial charge >= 0.3 is 5.97 Å². The van der Waals surface area contributed by atoms with Crippen LogP contribution in [-0.2, 0) is 9.53 Å². The minimum Gasteiger partial charge on any atom is -0.497 e. The number of ether oxygens (including phenoxy) is 3. The Bertz CT molecular complexity index is 1000. The predicted molar refractivity (Wildman–Crippen MR) is 124 cm³/mol. The van der Waals surface area contributed by atoms with Crippen LogP contribution in [0.15, 0.2) is 77.7 Å². The van der Waals surface area contributed by atoms with Gasteiger partial charge in [0.15, 0.2) is 6.61 Å². The highest BCUT2D eigenvalue weighted by Crippen LogP contribution is 2.26. The van der Waals surface area contributed by atoms with Crippen molar-refractivity contribution in [3.63, 3.8) is 0 Å². The van der Waals surface area contributed by atoms with Crippen molar-refractivity contribution >= 4 is 23.6 Å². The Labute approximate surface area is 191 Å². The number of amides is 1. The Balaban J connectivity index is 1.74. The first-order valence-corrected chi connectivity index (χ1v) is 11.2. The SMILES string of the molecule is COc1ccc(C(NC(=O)COC(=O)c2ccccc2SC)c2ccc(OC)cc2)cc1. The molecule has 1 amide bonds. The molecule has 7 heteroatoms. The fraction of sp³-hybridized carbons (Fsp3) is 0.200. The van der Waals surface area contributed by atoms with E-state index in [4.69, 9.17) is 14.2 Å². The van der Waals surface area contributed by atoms with Gasteiger partial charge in [-0.15, -0.1) is 11.8 Å². The molecule has 0 fully saturated rings. The Morgan fingerprint density at radius 3 is 1.88 bits per heavy atom. The molecule has 0 atom stereocenters. The number of hydrogen-bond acceptors (Lipinski definition) is 6. The fourth-order valence-corrected chi connectivity index (χ4v) is 3.76. The third-order valence-corrected chi connectivity index (χ3v) is 5.66. The van der Waals surface area contributed by atoms with E-state index in [9.17, 15) is 9.59 Å². The largest absolute Gasteiger partial charge is 0.497 e. The van der Waals surface area contributed by atoms with E-state index in [2.05, 4.69) is 5.32 Å². The van der Waals surface area contributed by atoms with Gasteiger partial charge in [-0.1, -0.05) is 36.4 Å². The Morgan fingerprint density at radius 1 is 0.844 bits per heavy atom. The van der Waals surface area contributed by atoms with Crippen LogP contribution in [0.25, 0.3) is 0 Å². The first-order chi connectivity index (χ1) is 15.5. The van der Waals surface area contributed by atoms with E-state index in [1.807, 2.05) is 66.9 Å². The molecule has 3 aromatic rings. The summed E-state index contributed by atoms with van der Waals surface area (Å²) in [4.78, 5) is 25.9. The molecule has 0 heterocycles. The van der Waals surface area contributed by atoms with Gasteiger partial charge in [-0.2, -0.15) is 0 Å². The van der Waals surface area contributed by atoms with Crippen LogP contribution in [0.5, 0.6) is 11.5 Å². The molecule has 0 saturated carbocycles. The molecule has 0 aliphatic heterocycles. The van der Waals surface area contributed by atoms with Crippen molar-refractivity contribution < 1.29 is 23.8 Å². The fourth-order valence-electron chi connectivity index (χ4n) is 3.18. The number of benzene rings is 3. The summed E-state index contributed by atoms with van der Waals surface area (Å²) in [7, 11) is 3.20. The molecule has 0 aromatic heterocycles. The highest BCUT2D eigenvalue weighted by molar-refractivity contribution is 7.98. The molecule has 1 N–H and O–H groups in total. The third-order valence-electron chi connectivity index (χ3n) is 4.86. The molecular formula is C25H25NO5S. The molecule has 0 unspecified atom stereocenters. The maximum absolute atomic E-state index is 12.7. The first-order valence-electron chi connectivity index (χ1n) is 9.93. The van der Waals surface area contributed by atoms with Crippen molar-refractivity contribution in [2.24, 2.45) is 0 Å². The standard InChI is InChI=1S/C25H25NO5S/c1-29-19-12-8-17(9-13-19)24(18-10-14-20(30-2)15-11-18)26-23(27)16-31-25(28)21-6-4-5-7-22(21)32-3/h4-15,24H,16H2,1-3H3,(H,26,27). The molecular weight excluding hydrogens is 426 g/mol. The van der Waals surface area contributed by atoms with E-state index in [1.54, 1.807) is 26.4 Å². The van der Waals surface area contributed by atoms with E-state index >= 15 is 0 Å². The van der Waals surface area contributed by atoms with Gasteiger partial charge in [0.2, 0.25) is 0 Å². The lowest BCUT2D eigenvalue weighted by atomic mass is 9.98. The van der Waals surface area contributed by atoms with Gasteiger partial charge in [0.1, 0.15) is 11.5 Å². The summed E-state index contributed by atoms with van der Waals surface area (Å²) in [5, 5.41) is 2.96. The van der Waals surface area contributed by atoms with E-state index in [-0.39, 0.29) is 6.61 Å². The average molecular weight is 452 g/mol. The van der Waals surface area contributed by atoms with Crippen LogP contribution in [-0.4, -0.2) is 39.0 Å². The van der Waals surface area contributed by atoms with Gasteiger partial charge in [0.25, 0.3) is 5.91 Å². The lowest BCUT2D eigenvalue weighted by Gasteiger charge is -2.20. The molecule has 166 valence electrons. The monoisotopic (exact) mass is 451 g/mol. The molecule has 0 aliphatic carbocycles. The molecule has 0 bridgehead atoms. The average Bonchev–Trinajstić information content (AvgIpc) is 2.86. The minimum absolute atomic E-state index is 0.385. The summed E-state index contributed by atoms with van der Waals surface area (Å²) in [6.07, 6.45) is 1.88. The number of thioether (sulfide) groups is 1. The van der Waals surface area contributed by atoms with Crippen molar-refractivity contribution in [3.05, 3.63) is 89.5 Å². The van der Waals surface area contributed by atoms with Gasteiger partial charge in [-0.25, -0.2) is 4.79 Å². The molecule has 0 saturated heterocycles. The molecule has 3 rings (SSSR count). The number of esters is 1. The topological polar surface area (TPSA) is 73.9 Å². The van der Waals surface area contributed by atoms with Crippen LogP contribution >= 0.6 is 11.8 Å². The normalized spacial score (nSPS) is 10.5. The molecule has 6 nitrogen and oxygen atoms in total. The van der Waals surface area contributed by atoms with E-state index < -0.39 is 17.9 Å². The number of carbonyl (C=O) groups excluding carboxylic acids is 2. The second-order valence-electron chi connectivity index (χ2n) is 6.82. The molecule has 0 radical (unpaired) electrons. The van der Waals surface area contributed by atoms with E-state index in [1.165, 1.54) is 11.8 Å². The number of methoxy groups -OCH3 is 2. The van der Waals surface area contributed by atoms with Gasteiger partial charge in [0, 0.05) is 4.90 Å². The second kappa shape index (κ2) is 11.2. The maximum atomic E-state index is 12.7. The Kier molecular flexibility index (Phi) is 8.16. The quantitative estimate of drug-likeness (QED) is 0.382. The molecule has 3 aromatic carbocycles. The Hall–Kier alpha value is -3.45. The molecule has 0 aliphatic rings. The molecule has 32 heavy (non-hydrogen) atoms. The first kappa shape index (κ1) is 23.2.